The van der Waals surface area contributed by atoms with Crippen LogP contribution in [0.5, 0.6) is 0 Å². The summed E-state index contributed by atoms with van der Waals surface area (Å²) in [7, 11) is 0. The molecule has 8 heteroatoms. The largest absolute Gasteiger partial charge is 0.409 e. The number of halogens is 1. The van der Waals surface area contributed by atoms with Crippen LogP contribution in [0.2, 0.25) is 0 Å². The lowest BCUT2D eigenvalue weighted by molar-refractivity contribution is -0.131. The van der Waals surface area contributed by atoms with Gasteiger partial charge in [-0.25, -0.2) is 0 Å². The first-order valence-corrected chi connectivity index (χ1v) is 7.83. The van der Waals surface area contributed by atoms with Gasteiger partial charge in [0, 0.05) is 27.9 Å². The maximum Gasteiger partial charge on any atom is 0.234 e. The minimum absolute atomic E-state index is 0.0503. The Kier molecular flexibility index (Phi) is 5.00. The molecule has 6 nitrogen and oxygen atoms in total. The van der Waals surface area contributed by atoms with E-state index in [-0.39, 0.29) is 11.7 Å². The molecule has 0 unspecified atom stereocenters. The van der Waals surface area contributed by atoms with Gasteiger partial charge >= 0.3 is 0 Å². The number of nitrogens with zero attached hydrogens (tertiary/aromatic N) is 1. The van der Waals surface area contributed by atoms with E-state index in [1.165, 1.54) is 0 Å². The SMILES string of the molecule is NC(=NO)C1(C(=O)NCc2cc(Br)cs2)CCOCC1. The van der Waals surface area contributed by atoms with E-state index in [1.54, 1.807) is 11.3 Å². The van der Waals surface area contributed by atoms with Crippen LogP contribution in [0.15, 0.2) is 21.1 Å². The number of amides is 1. The molecule has 1 fully saturated rings. The van der Waals surface area contributed by atoms with Crippen molar-refractivity contribution >= 4 is 39.0 Å². The third-order valence-electron chi connectivity index (χ3n) is 3.42. The van der Waals surface area contributed by atoms with Crippen LogP contribution in [0.25, 0.3) is 0 Å². The fourth-order valence-corrected chi connectivity index (χ4v) is 3.59. The number of hydrogen-bond acceptors (Lipinski definition) is 5. The molecule has 0 aliphatic carbocycles. The third kappa shape index (κ3) is 3.13. The van der Waals surface area contributed by atoms with E-state index in [9.17, 15) is 4.79 Å². The van der Waals surface area contributed by atoms with E-state index in [0.717, 1.165) is 9.35 Å². The molecule has 1 aromatic heterocycles. The van der Waals surface area contributed by atoms with E-state index in [1.807, 2.05) is 11.4 Å². The number of oxime groups is 1. The Hall–Kier alpha value is -1.12. The highest BCUT2D eigenvalue weighted by Gasteiger charge is 2.44. The first-order valence-electron chi connectivity index (χ1n) is 6.15. The fourth-order valence-electron chi connectivity index (χ4n) is 2.20. The van der Waals surface area contributed by atoms with Gasteiger partial charge in [-0.3, -0.25) is 4.79 Å². The predicted octanol–water partition coefficient (Wildman–Crippen LogP) is 1.67. The van der Waals surface area contributed by atoms with E-state index in [0.29, 0.717) is 32.6 Å². The number of nitrogens with one attached hydrogen (secondary N) is 1. The van der Waals surface area contributed by atoms with Crippen LogP contribution in [0.1, 0.15) is 17.7 Å². The number of nitrogens with two attached hydrogens (primary N) is 1. The van der Waals surface area contributed by atoms with Gasteiger partial charge in [0.2, 0.25) is 5.91 Å². The molecule has 1 saturated heterocycles. The van der Waals surface area contributed by atoms with E-state index >= 15 is 0 Å². The van der Waals surface area contributed by atoms with E-state index in [2.05, 4.69) is 26.4 Å². The van der Waals surface area contributed by atoms with Gasteiger partial charge in [0.15, 0.2) is 5.84 Å². The summed E-state index contributed by atoms with van der Waals surface area (Å²) in [6.45, 7) is 1.28. The molecule has 0 atom stereocenters. The summed E-state index contributed by atoms with van der Waals surface area (Å²) >= 11 is 4.92. The summed E-state index contributed by atoms with van der Waals surface area (Å²) in [5.74, 6) is -0.272. The normalized spacial score (nSPS) is 18.8. The Labute approximate surface area is 129 Å². The second kappa shape index (κ2) is 6.55. The highest BCUT2D eigenvalue weighted by molar-refractivity contribution is 9.10. The van der Waals surface area contributed by atoms with Crippen LogP contribution in [-0.2, 0) is 16.1 Å². The van der Waals surface area contributed by atoms with Crippen LogP contribution < -0.4 is 11.1 Å². The average molecular weight is 362 g/mol. The van der Waals surface area contributed by atoms with Crippen molar-refractivity contribution < 1.29 is 14.7 Å². The van der Waals surface area contributed by atoms with E-state index < -0.39 is 5.41 Å². The standard InChI is InChI=1S/C12H16BrN3O3S/c13-8-5-9(20-7-8)6-15-11(17)12(10(14)16-18)1-3-19-4-2-12/h5,7,18H,1-4,6H2,(H2,14,16)(H,15,17). The third-order valence-corrected chi connectivity index (χ3v) is 5.12. The van der Waals surface area contributed by atoms with Crippen molar-refractivity contribution in [3.05, 3.63) is 20.8 Å². The number of ether oxygens (including phenoxy) is 1. The van der Waals surface area contributed by atoms with Crippen LogP contribution in [0.4, 0.5) is 0 Å². The average Bonchev–Trinajstić information content (AvgIpc) is 2.90. The molecule has 0 saturated carbocycles. The molecule has 4 N–H and O–H groups in total. The lowest BCUT2D eigenvalue weighted by atomic mass is 9.78. The van der Waals surface area contributed by atoms with Crippen molar-refractivity contribution in [1.29, 1.82) is 0 Å². The highest BCUT2D eigenvalue weighted by atomic mass is 79.9. The minimum Gasteiger partial charge on any atom is -0.409 e. The molecular weight excluding hydrogens is 346 g/mol. The summed E-state index contributed by atoms with van der Waals surface area (Å²) < 4.78 is 6.25. The number of thiophene rings is 1. The first-order chi connectivity index (χ1) is 9.58. The van der Waals surface area contributed by atoms with Gasteiger partial charge in [0.25, 0.3) is 0 Å². The zero-order chi connectivity index (χ0) is 14.6. The van der Waals surface area contributed by atoms with Crippen molar-refractivity contribution in [3.8, 4) is 0 Å². The lowest BCUT2D eigenvalue weighted by Gasteiger charge is -2.34. The lowest BCUT2D eigenvalue weighted by Crippen LogP contribution is -2.52. The second-order valence-electron chi connectivity index (χ2n) is 4.59. The van der Waals surface area contributed by atoms with Crippen molar-refractivity contribution in [1.82, 2.24) is 5.32 Å². The molecule has 2 heterocycles. The highest BCUT2D eigenvalue weighted by Crippen LogP contribution is 2.31. The maximum atomic E-state index is 12.5. The Morgan fingerprint density at radius 3 is 2.85 bits per heavy atom. The number of rotatable bonds is 4. The summed E-state index contributed by atoms with van der Waals surface area (Å²) in [5.41, 5.74) is 4.76. The van der Waals surface area contributed by atoms with Gasteiger partial charge in [0.1, 0.15) is 5.41 Å². The molecule has 20 heavy (non-hydrogen) atoms. The molecule has 1 aromatic rings. The smallest absolute Gasteiger partial charge is 0.234 e. The summed E-state index contributed by atoms with van der Waals surface area (Å²) in [5, 5.41) is 16.8. The van der Waals surface area contributed by atoms with Crippen molar-refractivity contribution in [2.75, 3.05) is 13.2 Å². The number of hydrogen-bond donors (Lipinski definition) is 3. The Bertz CT molecular complexity index is 512. The van der Waals surface area contributed by atoms with Crippen molar-refractivity contribution in [2.24, 2.45) is 16.3 Å². The quantitative estimate of drug-likeness (QED) is 0.329. The molecule has 0 radical (unpaired) electrons. The van der Waals surface area contributed by atoms with Gasteiger partial charge < -0.3 is 21.0 Å². The minimum atomic E-state index is -0.971. The fraction of sp³-hybridized carbons (Fsp3) is 0.500. The van der Waals surface area contributed by atoms with Gasteiger partial charge in [-0.15, -0.1) is 11.3 Å². The number of amidine groups is 1. The topological polar surface area (TPSA) is 96.9 Å². The molecule has 1 aliphatic rings. The van der Waals surface area contributed by atoms with Crippen LogP contribution >= 0.6 is 27.3 Å². The van der Waals surface area contributed by atoms with Crippen LogP contribution in [-0.4, -0.2) is 30.2 Å². The van der Waals surface area contributed by atoms with Gasteiger partial charge in [-0.1, -0.05) is 5.16 Å². The Morgan fingerprint density at radius 2 is 2.30 bits per heavy atom. The Balaban J connectivity index is 2.07. The zero-order valence-electron chi connectivity index (χ0n) is 10.8. The molecular formula is C12H16BrN3O3S. The molecule has 1 amide bonds. The molecule has 1 aliphatic heterocycles. The molecule has 110 valence electrons. The molecule has 0 aromatic carbocycles. The van der Waals surface area contributed by atoms with Crippen LogP contribution in [0.3, 0.4) is 0 Å². The molecule has 0 bridgehead atoms. The zero-order valence-corrected chi connectivity index (χ0v) is 13.2. The molecule has 0 spiro atoms. The van der Waals surface area contributed by atoms with E-state index in [4.69, 9.17) is 15.7 Å². The Morgan fingerprint density at radius 1 is 1.60 bits per heavy atom. The summed E-state index contributed by atoms with van der Waals surface area (Å²) in [4.78, 5) is 13.5. The van der Waals surface area contributed by atoms with Crippen molar-refractivity contribution in [2.45, 2.75) is 19.4 Å². The first kappa shape index (κ1) is 15.3. The summed E-state index contributed by atoms with van der Waals surface area (Å²) in [6, 6.07) is 1.95. The van der Waals surface area contributed by atoms with Crippen LogP contribution in [0, 0.1) is 5.41 Å². The van der Waals surface area contributed by atoms with Gasteiger partial charge in [-0.05, 0) is 34.8 Å². The number of carbonyl (C=O) groups excluding carboxylic acids is 1. The maximum absolute atomic E-state index is 12.5. The predicted molar refractivity (Wildman–Crippen MR) is 79.8 cm³/mol. The second-order valence-corrected chi connectivity index (χ2v) is 6.51. The molecule has 2 rings (SSSR count). The monoisotopic (exact) mass is 361 g/mol. The summed E-state index contributed by atoms with van der Waals surface area (Å²) in [6.07, 6.45) is 0.839. The number of carbonyl (C=O) groups is 1. The van der Waals surface area contributed by atoms with Gasteiger partial charge in [-0.2, -0.15) is 0 Å². The van der Waals surface area contributed by atoms with Gasteiger partial charge in [0.05, 0.1) is 6.54 Å². The van der Waals surface area contributed by atoms with Crippen molar-refractivity contribution in [3.63, 3.8) is 0 Å².